The Balaban J connectivity index is 2.76. The van der Waals surface area contributed by atoms with Crippen LogP contribution in [0.5, 0.6) is 0 Å². The molecule has 1 rings (SSSR count). The maximum Gasteiger partial charge on any atom is 0.371 e. The molecule has 1 aromatic rings. The van der Waals surface area contributed by atoms with Crippen molar-refractivity contribution < 1.29 is 24.2 Å². The van der Waals surface area contributed by atoms with Crippen molar-refractivity contribution in [2.75, 3.05) is 7.05 Å². The molecule has 0 fully saturated rings. The number of aliphatic carboxylic acids is 1. The number of rotatable bonds is 4. The maximum atomic E-state index is 12.9. The van der Waals surface area contributed by atoms with Crippen molar-refractivity contribution >= 4 is 23.5 Å². The molecule has 0 saturated carbocycles. The summed E-state index contributed by atoms with van der Waals surface area (Å²) in [4.78, 5) is 23.0. The van der Waals surface area contributed by atoms with Crippen molar-refractivity contribution in [3.63, 3.8) is 0 Å². The lowest BCUT2D eigenvalue weighted by Crippen LogP contribution is -2.25. The number of amides is 1. The van der Waals surface area contributed by atoms with E-state index in [1.165, 1.54) is 25.2 Å². The van der Waals surface area contributed by atoms with Crippen LogP contribution >= 0.6 is 11.6 Å². The standard InChI is InChI=1S/C12H11ClFNO4/c1-15(11(17)5-10(16)12(18)19)6-7-2-3-9(14)8(13)4-7/h2-5,16H,6H2,1H3,(H,18,19)/b10-5-. The minimum absolute atomic E-state index is 0.0673. The van der Waals surface area contributed by atoms with Crippen LogP contribution in [-0.2, 0) is 16.1 Å². The first-order valence-electron chi connectivity index (χ1n) is 5.14. The summed E-state index contributed by atoms with van der Waals surface area (Å²) in [5.74, 6) is -3.90. The van der Waals surface area contributed by atoms with E-state index < -0.39 is 23.5 Å². The molecule has 0 heterocycles. The highest BCUT2D eigenvalue weighted by molar-refractivity contribution is 6.30. The topological polar surface area (TPSA) is 77.8 Å². The fraction of sp³-hybridized carbons (Fsp3) is 0.167. The van der Waals surface area contributed by atoms with Crippen molar-refractivity contribution in [3.8, 4) is 0 Å². The first-order chi connectivity index (χ1) is 8.81. The SMILES string of the molecule is CN(Cc1ccc(F)c(Cl)c1)C(=O)/C=C(\O)C(=O)O. The maximum absolute atomic E-state index is 12.9. The van der Waals surface area contributed by atoms with Gasteiger partial charge in [0, 0.05) is 13.6 Å². The van der Waals surface area contributed by atoms with E-state index in [9.17, 15) is 14.0 Å². The number of carbonyl (C=O) groups is 2. The number of likely N-dealkylation sites (N-methyl/N-ethyl adjacent to an activating group) is 1. The number of hydrogen-bond donors (Lipinski definition) is 2. The van der Waals surface area contributed by atoms with Gasteiger partial charge in [0.2, 0.25) is 5.76 Å². The molecule has 0 aliphatic carbocycles. The number of carboxylic acid groups (broad SMARTS) is 1. The Morgan fingerprint density at radius 1 is 1.42 bits per heavy atom. The zero-order chi connectivity index (χ0) is 14.6. The summed E-state index contributed by atoms with van der Waals surface area (Å²) in [5.41, 5.74) is 0.575. The lowest BCUT2D eigenvalue weighted by atomic mass is 10.2. The molecule has 19 heavy (non-hydrogen) atoms. The van der Waals surface area contributed by atoms with E-state index in [0.717, 1.165) is 4.90 Å². The normalized spacial score (nSPS) is 11.2. The molecular weight excluding hydrogens is 277 g/mol. The average molecular weight is 288 g/mol. The van der Waals surface area contributed by atoms with Gasteiger partial charge in [-0.15, -0.1) is 0 Å². The summed E-state index contributed by atoms with van der Waals surface area (Å²) in [6.07, 6.45) is 0.591. The molecule has 1 amide bonds. The molecule has 0 unspecified atom stereocenters. The summed E-state index contributed by atoms with van der Waals surface area (Å²) in [5, 5.41) is 17.3. The van der Waals surface area contributed by atoms with E-state index >= 15 is 0 Å². The highest BCUT2D eigenvalue weighted by atomic mass is 35.5. The highest BCUT2D eigenvalue weighted by Gasteiger charge is 2.12. The lowest BCUT2D eigenvalue weighted by molar-refractivity contribution is -0.136. The van der Waals surface area contributed by atoms with Crippen LogP contribution in [0.1, 0.15) is 5.56 Å². The van der Waals surface area contributed by atoms with Gasteiger partial charge in [-0.2, -0.15) is 0 Å². The van der Waals surface area contributed by atoms with E-state index in [1.807, 2.05) is 0 Å². The largest absolute Gasteiger partial charge is 0.502 e. The van der Waals surface area contributed by atoms with Crippen LogP contribution < -0.4 is 0 Å². The number of aliphatic hydroxyl groups excluding tert-OH is 1. The third-order valence-electron chi connectivity index (χ3n) is 2.26. The number of carbonyl (C=O) groups excluding carboxylic acids is 1. The van der Waals surface area contributed by atoms with E-state index in [2.05, 4.69) is 0 Å². The molecule has 102 valence electrons. The predicted octanol–water partition coefficient (Wildman–Crippen LogP) is 1.96. The average Bonchev–Trinajstić information content (AvgIpc) is 2.33. The van der Waals surface area contributed by atoms with Gasteiger partial charge in [0.1, 0.15) is 5.82 Å². The van der Waals surface area contributed by atoms with Gasteiger partial charge in [0.25, 0.3) is 5.91 Å². The van der Waals surface area contributed by atoms with E-state index in [4.69, 9.17) is 21.8 Å². The zero-order valence-electron chi connectivity index (χ0n) is 9.93. The Morgan fingerprint density at radius 3 is 2.58 bits per heavy atom. The second kappa shape index (κ2) is 6.19. The van der Waals surface area contributed by atoms with Gasteiger partial charge >= 0.3 is 5.97 Å². The zero-order valence-corrected chi connectivity index (χ0v) is 10.7. The first kappa shape index (κ1) is 15.0. The third-order valence-corrected chi connectivity index (χ3v) is 2.55. The Kier molecular flexibility index (Phi) is 4.88. The molecule has 0 aliphatic heterocycles. The van der Waals surface area contributed by atoms with Crippen molar-refractivity contribution in [3.05, 3.63) is 46.4 Å². The molecule has 0 atom stereocenters. The predicted molar refractivity (Wildman–Crippen MR) is 66.2 cm³/mol. The first-order valence-corrected chi connectivity index (χ1v) is 5.52. The molecule has 0 saturated heterocycles. The molecule has 5 nitrogen and oxygen atoms in total. The number of aliphatic hydroxyl groups is 1. The van der Waals surface area contributed by atoms with Crippen LogP contribution in [-0.4, -0.2) is 34.0 Å². The van der Waals surface area contributed by atoms with E-state index in [1.54, 1.807) is 0 Å². The quantitative estimate of drug-likeness (QED) is 0.655. The number of nitrogens with zero attached hydrogens (tertiary/aromatic N) is 1. The molecule has 0 aliphatic rings. The van der Waals surface area contributed by atoms with Crippen LogP contribution in [0.3, 0.4) is 0 Å². The Bertz CT molecular complexity index is 545. The fourth-order valence-corrected chi connectivity index (χ4v) is 1.48. The highest BCUT2D eigenvalue weighted by Crippen LogP contribution is 2.17. The van der Waals surface area contributed by atoms with Crippen LogP contribution in [0.4, 0.5) is 4.39 Å². The minimum atomic E-state index is -1.59. The summed E-state index contributed by atoms with van der Waals surface area (Å²) >= 11 is 5.59. The number of halogens is 2. The molecule has 0 bridgehead atoms. The summed E-state index contributed by atoms with van der Waals surface area (Å²) < 4.78 is 12.9. The van der Waals surface area contributed by atoms with Gasteiger partial charge in [-0.25, -0.2) is 9.18 Å². The number of hydrogen-bond acceptors (Lipinski definition) is 3. The second-order valence-electron chi connectivity index (χ2n) is 3.78. The molecule has 0 spiro atoms. The van der Waals surface area contributed by atoms with Crippen molar-refractivity contribution in [2.24, 2.45) is 0 Å². The molecule has 0 aromatic heterocycles. The Hall–Kier alpha value is -2.08. The third kappa shape index (κ3) is 4.26. The number of carboxylic acids is 1. The smallest absolute Gasteiger partial charge is 0.371 e. The van der Waals surface area contributed by atoms with Crippen LogP contribution in [0, 0.1) is 5.82 Å². The van der Waals surface area contributed by atoms with Gasteiger partial charge in [-0.05, 0) is 17.7 Å². The van der Waals surface area contributed by atoms with Crippen LogP contribution in [0.25, 0.3) is 0 Å². The summed E-state index contributed by atoms with van der Waals surface area (Å²) in [6, 6.07) is 3.98. The van der Waals surface area contributed by atoms with Gasteiger partial charge < -0.3 is 15.1 Å². The van der Waals surface area contributed by atoms with Gasteiger partial charge in [0.05, 0.1) is 11.1 Å². The number of benzene rings is 1. The molecular formula is C12H11ClFNO4. The van der Waals surface area contributed by atoms with E-state index in [-0.39, 0.29) is 11.6 Å². The van der Waals surface area contributed by atoms with Crippen molar-refractivity contribution in [2.45, 2.75) is 6.54 Å². The van der Waals surface area contributed by atoms with Gasteiger partial charge in [-0.1, -0.05) is 17.7 Å². The monoisotopic (exact) mass is 287 g/mol. The van der Waals surface area contributed by atoms with Crippen molar-refractivity contribution in [1.29, 1.82) is 0 Å². The molecule has 7 heteroatoms. The molecule has 0 radical (unpaired) electrons. The molecule has 1 aromatic carbocycles. The second-order valence-corrected chi connectivity index (χ2v) is 4.18. The van der Waals surface area contributed by atoms with Crippen LogP contribution in [0.2, 0.25) is 5.02 Å². The van der Waals surface area contributed by atoms with Gasteiger partial charge in [0.15, 0.2) is 0 Å². The Morgan fingerprint density at radius 2 is 2.05 bits per heavy atom. The van der Waals surface area contributed by atoms with Crippen molar-refractivity contribution in [1.82, 2.24) is 4.90 Å². The summed E-state index contributed by atoms with van der Waals surface area (Å²) in [7, 11) is 1.41. The van der Waals surface area contributed by atoms with Gasteiger partial charge in [-0.3, -0.25) is 4.79 Å². The lowest BCUT2D eigenvalue weighted by Gasteiger charge is -2.15. The Labute approximate surface area is 113 Å². The fourth-order valence-electron chi connectivity index (χ4n) is 1.28. The summed E-state index contributed by atoms with van der Waals surface area (Å²) in [6.45, 7) is 0.0994. The minimum Gasteiger partial charge on any atom is -0.502 e. The van der Waals surface area contributed by atoms with E-state index in [0.29, 0.717) is 11.6 Å². The van der Waals surface area contributed by atoms with Crippen LogP contribution in [0.15, 0.2) is 30.0 Å². The molecule has 2 N–H and O–H groups in total.